The highest BCUT2D eigenvalue weighted by molar-refractivity contribution is 6.30. The molecule has 0 saturated heterocycles. The van der Waals surface area contributed by atoms with Crippen LogP contribution in [0.1, 0.15) is 24.9 Å². The quantitative estimate of drug-likeness (QED) is 0.874. The maximum absolute atomic E-state index is 5.90. The normalized spacial score (nSPS) is 11.7. The molecule has 0 fully saturated rings. The molecular formula is C10H15Cl2NO. The smallest absolute Gasteiger partial charge is 0.125 e. The van der Waals surface area contributed by atoms with E-state index in [1.165, 1.54) is 0 Å². The van der Waals surface area contributed by atoms with Crippen molar-refractivity contribution in [3.8, 4) is 5.75 Å². The second-order valence-corrected chi connectivity index (χ2v) is 3.34. The van der Waals surface area contributed by atoms with Crippen molar-refractivity contribution in [3.63, 3.8) is 0 Å². The third-order valence-corrected chi connectivity index (χ3v) is 2.27. The van der Waals surface area contributed by atoms with Crippen molar-refractivity contribution in [2.45, 2.75) is 19.4 Å². The minimum absolute atomic E-state index is 0. The van der Waals surface area contributed by atoms with Crippen LogP contribution in [0.15, 0.2) is 18.2 Å². The number of hydrogen-bond donors (Lipinski definition) is 1. The van der Waals surface area contributed by atoms with Crippen LogP contribution in [0.2, 0.25) is 5.02 Å². The molecule has 0 bridgehead atoms. The number of hydrogen-bond acceptors (Lipinski definition) is 2. The van der Waals surface area contributed by atoms with Crippen LogP contribution in [-0.4, -0.2) is 7.11 Å². The summed E-state index contributed by atoms with van der Waals surface area (Å²) in [5.74, 6) is 0.766. The first-order valence-electron chi connectivity index (χ1n) is 4.28. The SMILES string of the molecule is CCC(N)c1ccc(Cl)cc1OC.Cl. The molecule has 0 aliphatic heterocycles. The number of methoxy groups -OCH3 is 1. The predicted octanol–water partition coefficient (Wildman–Crippen LogP) is 3.18. The van der Waals surface area contributed by atoms with Gasteiger partial charge >= 0.3 is 0 Å². The Balaban J connectivity index is 0.00000169. The lowest BCUT2D eigenvalue weighted by Crippen LogP contribution is -2.09. The van der Waals surface area contributed by atoms with E-state index in [-0.39, 0.29) is 18.4 Å². The number of ether oxygens (including phenoxy) is 1. The van der Waals surface area contributed by atoms with Crippen LogP contribution in [-0.2, 0) is 0 Å². The average Bonchev–Trinajstić information content (AvgIpc) is 2.16. The largest absolute Gasteiger partial charge is 0.496 e. The van der Waals surface area contributed by atoms with Gasteiger partial charge in [-0.2, -0.15) is 0 Å². The Morgan fingerprint density at radius 1 is 1.50 bits per heavy atom. The highest BCUT2D eigenvalue weighted by atomic mass is 35.5. The van der Waals surface area contributed by atoms with Gasteiger partial charge in [-0.15, -0.1) is 12.4 Å². The van der Waals surface area contributed by atoms with Gasteiger partial charge < -0.3 is 10.5 Å². The molecular weight excluding hydrogens is 221 g/mol. The van der Waals surface area contributed by atoms with Crippen LogP contribution in [0.3, 0.4) is 0 Å². The molecule has 4 heteroatoms. The van der Waals surface area contributed by atoms with Crippen LogP contribution in [0.25, 0.3) is 0 Å². The second-order valence-electron chi connectivity index (χ2n) is 2.90. The molecule has 2 nitrogen and oxygen atoms in total. The van der Waals surface area contributed by atoms with Crippen LogP contribution in [0.4, 0.5) is 0 Å². The maximum atomic E-state index is 5.90. The number of rotatable bonds is 3. The van der Waals surface area contributed by atoms with Crippen molar-refractivity contribution in [3.05, 3.63) is 28.8 Å². The number of benzene rings is 1. The lowest BCUT2D eigenvalue weighted by atomic mass is 10.0. The molecule has 1 aromatic carbocycles. The van der Waals surface area contributed by atoms with Gasteiger partial charge in [0.15, 0.2) is 0 Å². The Morgan fingerprint density at radius 3 is 2.64 bits per heavy atom. The van der Waals surface area contributed by atoms with Crippen LogP contribution in [0.5, 0.6) is 5.75 Å². The van der Waals surface area contributed by atoms with Gasteiger partial charge in [-0.05, 0) is 18.6 Å². The summed E-state index contributed by atoms with van der Waals surface area (Å²) in [5.41, 5.74) is 6.91. The van der Waals surface area contributed by atoms with E-state index in [0.717, 1.165) is 17.7 Å². The highest BCUT2D eigenvalue weighted by Gasteiger charge is 2.09. The molecule has 1 rings (SSSR count). The van der Waals surface area contributed by atoms with Gasteiger partial charge in [0.05, 0.1) is 7.11 Å². The highest BCUT2D eigenvalue weighted by Crippen LogP contribution is 2.28. The lowest BCUT2D eigenvalue weighted by Gasteiger charge is -2.13. The lowest BCUT2D eigenvalue weighted by molar-refractivity contribution is 0.405. The number of halogens is 2. The van der Waals surface area contributed by atoms with E-state index in [4.69, 9.17) is 22.1 Å². The Morgan fingerprint density at radius 2 is 2.14 bits per heavy atom. The third kappa shape index (κ3) is 3.05. The van der Waals surface area contributed by atoms with Gasteiger partial charge in [0.25, 0.3) is 0 Å². The summed E-state index contributed by atoms with van der Waals surface area (Å²) in [6, 6.07) is 5.55. The third-order valence-electron chi connectivity index (χ3n) is 2.03. The van der Waals surface area contributed by atoms with Crippen LogP contribution < -0.4 is 10.5 Å². The van der Waals surface area contributed by atoms with Crippen molar-refractivity contribution >= 4 is 24.0 Å². The molecule has 1 aromatic rings. The standard InChI is InChI=1S/C10H14ClNO.ClH/c1-3-9(12)8-5-4-7(11)6-10(8)13-2;/h4-6,9H,3,12H2,1-2H3;1H. The van der Waals surface area contributed by atoms with E-state index in [0.29, 0.717) is 5.02 Å². The molecule has 2 N–H and O–H groups in total. The fourth-order valence-corrected chi connectivity index (χ4v) is 1.37. The van der Waals surface area contributed by atoms with Gasteiger partial charge in [-0.3, -0.25) is 0 Å². The zero-order valence-electron chi connectivity index (χ0n) is 8.29. The van der Waals surface area contributed by atoms with E-state index >= 15 is 0 Å². The molecule has 1 unspecified atom stereocenters. The summed E-state index contributed by atoms with van der Waals surface area (Å²) in [7, 11) is 1.62. The Hall–Kier alpha value is -0.440. The minimum Gasteiger partial charge on any atom is -0.496 e. The van der Waals surface area contributed by atoms with Gasteiger partial charge in [-0.25, -0.2) is 0 Å². The molecule has 0 heterocycles. The van der Waals surface area contributed by atoms with Crippen molar-refractivity contribution in [1.29, 1.82) is 0 Å². The van der Waals surface area contributed by atoms with Gasteiger partial charge in [0.2, 0.25) is 0 Å². The van der Waals surface area contributed by atoms with E-state index in [1.54, 1.807) is 13.2 Å². The molecule has 80 valence electrons. The van der Waals surface area contributed by atoms with Crippen molar-refractivity contribution < 1.29 is 4.74 Å². The zero-order chi connectivity index (χ0) is 9.84. The van der Waals surface area contributed by atoms with E-state index in [2.05, 4.69) is 0 Å². The molecule has 0 radical (unpaired) electrons. The van der Waals surface area contributed by atoms with Crippen LogP contribution >= 0.6 is 24.0 Å². The van der Waals surface area contributed by atoms with Gasteiger partial charge in [0.1, 0.15) is 5.75 Å². The summed E-state index contributed by atoms with van der Waals surface area (Å²) < 4.78 is 5.18. The van der Waals surface area contributed by atoms with E-state index < -0.39 is 0 Å². The van der Waals surface area contributed by atoms with Crippen molar-refractivity contribution in [2.24, 2.45) is 5.73 Å². The molecule has 0 aliphatic rings. The summed E-state index contributed by atoms with van der Waals surface area (Å²) >= 11 is 5.82. The fraction of sp³-hybridized carbons (Fsp3) is 0.400. The van der Waals surface area contributed by atoms with Crippen molar-refractivity contribution in [1.82, 2.24) is 0 Å². The average molecular weight is 236 g/mol. The summed E-state index contributed by atoms with van der Waals surface area (Å²) in [6.45, 7) is 2.04. The maximum Gasteiger partial charge on any atom is 0.125 e. The predicted molar refractivity (Wildman–Crippen MR) is 62.5 cm³/mol. The first-order valence-corrected chi connectivity index (χ1v) is 4.65. The molecule has 0 amide bonds. The van der Waals surface area contributed by atoms with E-state index in [1.807, 2.05) is 19.1 Å². The van der Waals surface area contributed by atoms with Gasteiger partial charge in [-0.1, -0.05) is 24.6 Å². The fourth-order valence-electron chi connectivity index (χ4n) is 1.21. The topological polar surface area (TPSA) is 35.2 Å². The summed E-state index contributed by atoms with van der Waals surface area (Å²) in [5, 5.41) is 0.670. The molecule has 0 aromatic heterocycles. The Kier molecular flexibility index (Phi) is 5.93. The summed E-state index contributed by atoms with van der Waals surface area (Å²) in [6.07, 6.45) is 0.887. The molecule has 1 atom stereocenters. The number of nitrogens with two attached hydrogens (primary N) is 1. The Bertz CT molecular complexity index is 291. The molecule has 0 spiro atoms. The molecule has 0 saturated carbocycles. The first kappa shape index (κ1) is 13.6. The zero-order valence-corrected chi connectivity index (χ0v) is 9.86. The minimum atomic E-state index is 0. The molecule has 14 heavy (non-hydrogen) atoms. The van der Waals surface area contributed by atoms with Gasteiger partial charge in [0, 0.05) is 16.6 Å². The van der Waals surface area contributed by atoms with E-state index in [9.17, 15) is 0 Å². The first-order chi connectivity index (χ1) is 6.19. The van der Waals surface area contributed by atoms with Crippen LogP contribution in [0, 0.1) is 0 Å². The second kappa shape index (κ2) is 6.12. The Labute approximate surface area is 95.8 Å². The monoisotopic (exact) mass is 235 g/mol. The summed E-state index contributed by atoms with van der Waals surface area (Å²) in [4.78, 5) is 0. The van der Waals surface area contributed by atoms with Crippen molar-refractivity contribution in [2.75, 3.05) is 7.11 Å². The molecule has 0 aliphatic carbocycles.